The molecule has 1 aliphatic heterocycles. The number of benzene rings is 2. The van der Waals surface area contributed by atoms with Gasteiger partial charge in [0.1, 0.15) is 0 Å². The number of thiazole rings is 1. The van der Waals surface area contributed by atoms with Gasteiger partial charge in [-0.3, -0.25) is 4.79 Å². The van der Waals surface area contributed by atoms with E-state index in [0.29, 0.717) is 23.7 Å². The zero-order valence-electron chi connectivity index (χ0n) is 13.3. The summed E-state index contributed by atoms with van der Waals surface area (Å²) in [5, 5.41) is 1.60. The van der Waals surface area contributed by atoms with Crippen molar-refractivity contribution in [3.63, 3.8) is 0 Å². The van der Waals surface area contributed by atoms with Crippen LogP contribution in [0, 0.1) is 0 Å². The SMILES string of the molecule is O=C(c1cccc(Cl)c1)N1CCN(c2nc3ccc(Br)cc3s2)CC1. The molecule has 1 aromatic heterocycles. The lowest BCUT2D eigenvalue weighted by Crippen LogP contribution is -2.48. The number of halogens is 2. The molecule has 0 unspecified atom stereocenters. The highest BCUT2D eigenvalue weighted by Crippen LogP contribution is 2.31. The minimum Gasteiger partial charge on any atom is -0.345 e. The smallest absolute Gasteiger partial charge is 0.254 e. The van der Waals surface area contributed by atoms with Crippen molar-refractivity contribution in [1.29, 1.82) is 0 Å². The van der Waals surface area contributed by atoms with Gasteiger partial charge in [0.15, 0.2) is 5.13 Å². The van der Waals surface area contributed by atoms with Crippen LogP contribution in [0.1, 0.15) is 10.4 Å². The van der Waals surface area contributed by atoms with Crippen LogP contribution in [0.5, 0.6) is 0 Å². The van der Waals surface area contributed by atoms with Crippen LogP contribution in [0.2, 0.25) is 5.02 Å². The summed E-state index contributed by atoms with van der Waals surface area (Å²) in [6.45, 7) is 2.94. The molecule has 128 valence electrons. The monoisotopic (exact) mass is 435 g/mol. The van der Waals surface area contributed by atoms with E-state index in [9.17, 15) is 4.79 Å². The van der Waals surface area contributed by atoms with Crippen LogP contribution in [0.15, 0.2) is 46.9 Å². The summed E-state index contributed by atoms with van der Waals surface area (Å²) in [5.41, 5.74) is 1.66. The standard InChI is InChI=1S/C18H15BrClN3OS/c19-13-4-5-15-16(11-13)25-18(21-15)23-8-6-22(7-9-23)17(24)12-2-1-3-14(20)10-12/h1-5,10-11H,6-9H2. The molecule has 0 aliphatic carbocycles. The molecule has 0 N–H and O–H groups in total. The summed E-state index contributed by atoms with van der Waals surface area (Å²) >= 11 is 11.2. The van der Waals surface area contributed by atoms with E-state index < -0.39 is 0 Å². The molecule has 0 radical (unpaired) electrons. The highest BCUT2D eigenvalue weighted by Gasteiger charge is 2.24. The van der Waals surface area contributed by atoms with E-state index in [0.717, 1.165) is 28.2 Å². The van der Waals surface area contributed by atoms with E-state index >= 15 is 0 Å². The zero-order chi connectivity index (χ0) is 17.4. The number of piperazine rings is 1. The van der Waals surface area contributed by atoms with E-state index in [4.69, 9.17) is 16.6 Å². The van der Waals surface area contributed by atoms with Gasteiger partial charge in [-0.05, 0) is 36.4 Å². The Kier molecular flexibility index (Phi) is 4.67. The van der Waals surface area contributed by atoms with Crippen LogP contribution >= 0.6 is 38.9 Å². The number of hydrogen-bond acceptors (Lipinski definition) is 4. The molecule has 1 amide bonds. The topological polar surface area (TPSA) is 36.4 Å². The summed E-state index contributed by atoms with van der Waals surface area (Å²) in [7, 11) is 0. The third-order valence-electron chi connectivity index (χ3n) is 4.25. The predicted molar refractivity (Wildman–Crippen MR) is 107 cm³/mol. The first-order valence-corrected chi connectivity index (χ1v) is 9.95. The Morgan fingerprint density at radius 2 is 1.92 bits per heavy atom. The summed E-state index contributed by atoms with van der Waals surface area (Å²) < 4.78 is 2.23. The molecule has 0 bridgehead atoms. The molecular formula is C18H15BrClN3OS. The van der Waals surface area contributed by atoms with Crippen LogP contribution in [-0.2, 0) is 0 Å². The first-order chi connectivity index (χ1) is 12.1. The Morgan fingerprint density at radius 1 is 1.12 bits per heavy atom. The number of nitrogens with zero attached hydrogens (tertiary/aromatic N) is 3. The number of amides is 1. The average molecular weight is 437 g/mol. The average Bonchev–Trinajstić information content (AvgIpc) is 3.04. The predicted octanol–water partition coefficient (Wildman–Crippen LogP) is 4.67. The van der Waals surface area contributed by atoms with E-state index in [2.05, 4.69) is 26.9 Å². The summed E-state index contributed by atoms with van der Waals surface area (Å²) in [6, 6.07) is 13.3. The van der Waals surface area contributed by atoms with E-state index in [-0.39, 0.29) is 5.91 Å². The molecule has 2 heterocycles. The van der Waals surface area contributed by atoms with Gasteiger partial charge in [-0.2, -0.15) is 0 Å². The molecule has 1 fully saturated rings. The van der Waals surface area contributed by atoms with Crippen molar-refractivity contribution in [3.8, 4) is 0 Å². The lowest BCUT2D eigenvalue weighted by atomic mass is 10.2. The first-order valence-electron chi connectivity index (χ1n) is 7.96. The van der Waals surface area contributed by atoms with E-state index in [1.165, 1.54) is 4.70 Å². The molecule has 0 atom stereocenters. The fourth-order valence-corrected chi connectivity index (χ4v) is 4.69. The molecule has 7 heteroatoms. The molecule has 25 heavy (non-hydrogen) atoms. The van der Waals surface area contributed by atoms with Crippen LogP contribution in [0.3, 0.4) is 0 Å². The maximum atomic E-state index is 12.6. The number of carbonyl (C=O) groups excluding carboxylic acids is 1. The lowest BCUT2D eigenvalue weighted by Gasteiger charge is -2.34. The van der Waals surface area contributed by atoms with Gasteiger partial charge >= 0.3 is 0 Å². The van der Waals surface area contributed by atoms with Gasteiger partial charge < -0.3 is 9.80 Å². The molecule has 4 nitrogen and oxygen atoms in total. The number of anilines is 1. The molecule has 1 saturated heterocycles. The molecule has 0 saturated carbocycles. The van der Waals surface area contributed by atoms with Gasteiger partial charge in [-0.1, -0.05) is 44.9 Å². The van der Waals surface area contributed by atoms with Crippen LogP contribution in [-0.4, -0.2) is 42.0 Å². The minimum absolute atomic E-state index is 0.0374. The van der Waals surface area contributed by atoms with Crippen molar-refractivity contribution in [2.45, 2.75) is 0 Å². The number of aromatic nitrogens is 1. The van der Waals surface area contributed by atoms with Gasteiger partial charge in [-0.15, -0.1) is 0 Å². The third-order valence-corrected chi connectivity index (χ3v) is 6.06. The zero-order valence-corrected chi connectivity index (χ0v) is 16.4. The number of carbonyl (C=O) groups is 1. The maximum Gasteiger partial charge on any atom is 0.254 e. The van der Waals surface area contributed by atoms with E-state index in [1.54, 1.807) is 23.5 Å². The second-order valence-corrected chi connectivity index (χ2v) is 8.26. The normalized spacial score (nSPS) is 15.0. The highest BCUT2D eigenvalue weighted by molar-refractivity contribution is 9.10. The van der Waals surface area contributed by atoms with Crippen molar-refractivity contribution in [3.05, 3.63) is 57.5 Å². The minimum atomic E-state index is 0.0374. The van der Waals surface area contributed by atoms with Gasteiger partial charge in [0.2, 0.25) is 0 Å². The van der Waals surface area contributed by atoms with Crippen molar-refractivity contribution in [2.75, 3.05) is 31.1 Å². The lowest BCUT2D eigenvalue weighted by molar-refractivity contribution is 0.0747. The van der Waals surface area contributed by atoms with Gasteiger partial charge in [-0.25, -0.2) is 4.98 Å². The third kappa shape index (κ3) is 3.52. The molecule has 1 aliphatic rings. The van der Waals surface area contributed by atoms with Crippen LogP contribution < -0.4 is 4.90 Å². The van der Waals surface area contributed by atoms with Crippen LogP contribution in [0.4, 0.5) is 5.13 Å². The Hall–Kier alpha value is -1.63. The van der Waals surface area contributed by atoms with Crippen molar-refractivity contribution >= 4 is 60.1 Å². The van der Waals surface area contributed by atoms with Crippen molar-refractivity contribution in [1.82, 2.24) is 9.88 Å². The van der Waals surface area contributed by atoms with Crippen molar-refractivity contribution in [2.24, 2.45) is 0 Å². The summed E-state index contributed by atoms with van der Waals surface area (Å²) in [5.74, 6) is 0.0374. The summed E-state index contributed by atoms with van der Waals surface area (Å²) in [6.07, 6.45) is 0. The number of rotatable bonds is 2. The molecular weight excluding hydrogens is 422 g/mol. The highest BCUT2D eigenvalue weighted by atomic mass is 79.9. The number of hydrogen-bond donors (Lipinski definition) is 0. The Balaban J connectivity index is 1.46. The number of fused-ring (bicyclic) bond motifs is 1. The molecule has 4 rings (SSSR count). The summed E-state index contributed by atoms with van der Waals surface area (Å²) in [4.78, 5) is 21.5. The Morgan fingerprint density at radius 3 is 2.68 bits per heavy atom. The Labute approximate surface area is 163 Å². The molecule has 2 aromatic carbocycles. The van der Waals surface area contributed by atoms with Gasteiger partial charge in [0, 0.05) is 41.2 Å². The van der Waals surface area contributed by atoms with E-state index in [1.807, 2.05) is 29.2 Å². The fourth-order valence-electron chi connectivity index (χ4n) is 2.93. The van der Waals surface area contributed by atoms with Crippen LogP contribution in [0.25, 0.3) is 10.2 Å². The quantitative estimate of drug-likeness (QED) is 0.585. The van der Waals surface area contributed by atoms with Gasteiger partial charge in [0.25, 0.3) is 5.91 Å². The molecule has 3 aromatic rings. The second kappa shape index (κ2) is 6.94. The maximum absolute atomic E-state index is 12.6. The van der Waals surface area contributed by atoms with Crippen molar-refractivity contribution < 1.29 is 4.79 Å². The molecule has 0 spiro atoms. The Bertz CT molecular complexity index is 937. The fraction of sp³-hybridized carbons (Fsp3) is 0.222. The first kappa shape index (κ1) is 16.8. The second-order valence-electron chi connectivity index (χ2n) is 5.90. The van der Waals surface area contributed by atoms with Gasteiger partial charge in [0.05, 0.1) is 10.2 Å². The largest absolute Gasteiger partial charge is 0.345 e.